The number of hydrogen-bond acceptors (Lipinski definition) is 3. The molecule has 0 fully saturated rings. The van der Waals surface area contributed by atoms with E-state index < -0.39 is 0 Å². The lowest BCUT2D eigenvalue weighted by Gasteiger charge is -2.46. The molecule has 358 valence electrons. The van der Waals surface area contributed by atoms with E-state index in [1.807, 2.05) is 0 Å². The van der Waals surface area contributed by atoms with Gasteiger partial charge in [0.15, 0.2) is 0 Å². The van der Waals surface area contributed by atoms with E-state index in [9.17, 15) is 0 Å². The van der Waals surface area contributed by atoms with Gasteiger partial charge in [0.2, 0.25) is 0 Å². The van der Waals surface area contributed by atoms with Crippen LogP contribution < -0.4 is 20.8 Å². The first-order valence-electron chi connectivity index (χ1n) is 26.6. The molecular weight excluding hydrogens is 872 g/mol. The van der Waals surface area contributed by atoms with E-state index in [2.05, 4.69) is 244 Å². The molecule has 0 unspecified atom stereocenters. The summed E-state index contributed by atoms with van der Waals surface area (Å²) >= 11 is 0. The van der Waals surface area contributed by atoms with Crippen LogP contribution in [0.2, 0.25) is 0 Å². The SMILES string of the molecule is CC(C)(C)c1ccc(N2c3cc4ccccc4c4c3B(c3oc5cc6c(cc5c32)C(C)(C)CCC6(C)C)N(c2ccc3c(c2)C(C)(C)CCC3(C)C)c2ccc(-c3ccccc3)cc2-4)c(-c2ccccc2)c1. The highest BCUT2D eigenvalue weighted by atomic mass is 16.3. The Bertz CT molecular complexity index is 3700. The van der Waals surface area contributed by atoms with Crippen LogP contribution in [0, 0.1) is 0 Å². The largest absolute Gasteiger partial charge is 0.466 e. The maximum atomic E-state index is 7.82. The van der Waals surface area contributed by atoms with Crippen molar-refractivity contribution in [2.24, 2.45) is 0 Å². The molecule has 8 aromatic carbocycles. The van der Waals surface area contributed by atoms with Crippen molar-refractivity contribution < 1.29 is 4.42 Å². The van der Waals surface area contributed by atoms with Crippen molar-refractivity contribution >= 4 is 68.1 Å². The topological polar surface area (TPSA) is 19.6 Å². The second kappa shape index (κ2) is 15.4. The molecule has 0 saturated carbocycles. The van der Waals surface area contributed by atoms with Gasteiger partial charge in [-0.15, -0.1) is 0 Å². The van der Waals surface area contributed by atoms with Crippen molar-refractivity contribution in [3.8, 4) is 33.4 Å². The highest BCUT2D eigenvalue weighted by Crippen LogP contribution is 2.56. The van der Waals surface area contributed by atoms with Crippen LogP contribution in [0.25, 0.3) is 55.1 Å². The Kier molecular flexibility index (Phi) is 9.63. The van der Waals surface area contributed by atoms with E-state index >= 15 is 0 Å². The molecule has 4 heteroatoms. The molecule has 3 heterocycles. The molecule has 3 nitrogen and oxygen atoms in total. The van der Waals surface area contributed by atoms with Crippen LogP contribution >= 0.6 is 0 Å². The van der Waals surface area contributed by atoms with Crippen molar-refractivity contribution in [2.75, 3.05) is 9.71 Å². The maximum Gasteiger partial charge on any atom is 0.375 e. The molecule has 0 atom stereocenters. The number of hydrogen-bond donors (Lipinski definition) is 0. The third-order valence-electron chi connectivity index (χ3n) is 17.9. The first-order valence-corrected chi connectivity index (χ1v) is 26.6. The molecule has 72 heavy (non-hydrogen) atoms. The second-order valence-corrected chi connectivity index (χ2v) is 25.4. The quantitative estimate of drug-likeness (QED) is 0.164. The smallest absolute Gasteiger partial charge is 0.375 e. The minimum atomic E-state index is -0.279. The van der Waals surface area contributed by atoms with Gasteiger partial charge in [-0.2, -0.15) is 0 Å². The van der Waals surface area contributed by atoms with Gasteiger partial charge in [0.1, 0.15) is 11.2 Å². The zero-order chi connectivity index (χ0) is 49.9. The van der Waals surface area contributed by atoms with Gasteiger partial charge in [0.05, 0.1) is 11.4 Å². The molecule has 4 aliphatic rings. The third-order valence-corrected chi connectivity index (χ3v) is 17.9. The summed E-state index contributed by atoms with van der Waals surface area (Å²) in [6, 6.07) is 60.5. The van der Waals surface area contributed by atoms with Crippen molar-refractivity contribution in [1.82, 2.24) is 0 Å². The van der Waals surface area contributed by atoms with Gasteiger partial charge in [-0.1, -0.05) is 179 Å². The number of furan rings is 1. The highest BCUT2D eigenvalue weighted by Gasteiger charge is 2.51. The molecular formula is C68H67BN2O. The average molecular weight is 939 g/mol. The predicted octanol–water partition coefficient (Wildman–Crippen LogP) is 17.6. The first-order chi connectivity index (χ1) is 34.3. The van der Waals surface area contributed by atoms with E-state index in [4.69, 9.17) is 4.42 Å². The Morgan fingerprint density at radius 2 is 1.07 bits per heavy atom. The van der Waals surface area contributed by atoms with Crippen molar-refractivity contribution in [1.29, 1.82) is 0 Å². The fourth-order valence-corrected chi connectivity index (χ4v) is 13.4. The van der Waals surface area contributed by atoms with Gasteiger partial charge in [-0.3, -0.25) is 0 Å². The molecule has 0 N–H and O–H groups in total. The van der Waals surface area contributed by atoms with Crippen LogP contribution in [0.5, 0.6) is 0 Å². The van der Waals surface area contributed by atoms with E-state index in [0.717, 1.165) is 41.9 Å². The monoisotopic (exact) mass is 939 g/mol. The lowest BCUT2D eigenvalue weighted by molar-refractivity contribution is 0.332. The van der Waals surface area contributed by atoms with E-state index in [1.165, 1.54) is 106 Å². The normalized spacial score (nSPS) is 17.8. The Morgan fingerprint density at radius 3 is 1.75 bits per heavy atom. The molecule has 9 aromatic rings. The Labute approximate surface area is 428 Å². The minimum absolute atomic E-state index is 0.00349. The number of nitrogens with zero attached hydrogens (tertiary/aromatic N) is 2. The predicted molar refractivity (Wildman–Crippen MR) is 308 cm³/mol. The molecule has 0 radical (unpaired) electrons. The van der Waals surface area contributed by atoms with Gasteiger partial charge >= 0.3 is 6.85 Å². The molecule has 13 rings (SSSR count). The zero-order valence-corrected chi connectivity index (χ0v) is 44.2. The summed E-state index contributed by atoms with van der Waals surface area (Å²) in [4.78, 5) is 5.31. The first kappa shape index (κ1) is 45.1. The number of rotatable bonds is 4. The summed E-state index contributed by atoms with van der Waals surface area (Å²) < 4.78 is 7.82. The number of fused-ring (bicyclic) bond motifs is 10. The second-order valence-electron chi connectivity index (χ2n) is 25.4. The zero-order valence-electron chi connectivity index (χ0n) is 44.2. The molecule has 1 aromatic heterocycles. The molecule has 0 saturated heterocycles. The van der Waals surface area contributed by atoms with Crippen LogP contribution in [0.4, 0.5) is 28.4 Å². The number of benzene rings is 8. The fraction of sp³-hybridized carbons (Fsp3) is 0.294. The van der Waals surface area contributed by atoms with Crippen molar-refractivity contribution in [3.63, 3.8) is 0 Å². The third kappa shape index (κ3) is 6.69. The summed E-state index contributed by atoms with van der Waals surface area (Å²) in [5.41, 5.74) is 23.6. The van der Waals surface area contributed by atoms with Gasteiger partial charge in [0.25, 0.3) is 0 Å². The van der Waals surface area contributed by atoms with Gasteiger partial charge in [0, 0.05) is 33.6 Å². The van der Waals surface area contributed by atoms with E-state index in [-0.39, 0.29) is 33.9 Å². The average Bonchev–Trinajstić information content (AvgIpc) is 3.74. The highest BCUT2D eigenvalue weighted by molar-refractivity contribution is 6.93. The Hall–Kier alpha value is -6.78. The molecule has 0 spiro atoms. The summed E-state index contributed by atoms with van der Waals surface area (Å²) in [6.45, 7) is 26.3. The molecule has 2 aliphatic heterocycles. The standard InChI is InChI=1S/C68H67BN2O/c1-64(2,3)46-27-31-56(49(38-46)43-22-16-13-17-23-43)70-58-37-45-24-18-19-25-48(45)60-50-36-44(42-20-14-12-15-21-42)26-30-57(50)71(47-28-29-52-53(39-47)66(6,7)33-32-65(52,4)5)69(61(58)60)63-62(70)51-40-54-55(41-59(51)72-63)68(10,11)35-34-67(54,8)9/h12-31,36-41H,32-35H2,1-11H3. The number of anilines is 5. The fourth-order valence-electron chi connectivity index (χ4n) is 13.4. The maximum absolute atomic E-state index is 7.82. The van der Waals surface area contributed by atoms with Crippen LogP contribution in [-0.2, 0) is 27.1 Å². The minimum Gasteiger partial charge on any atom is -0.466 e. The van der Waals surface area contributed by atoms with E-state index in [0.29, 0.717) is 0 Å². The van der Waals surface area contributed by atoms with Crippen LogP contribution in [-0.4, -0.2) is 6.85 Å². The van der Waals surface area contributed by atoms with Gasteiger partial charge in [-0.25, -0.2) is 0 Å². The molecule has 2 aliphatic carbocycles. The van der Waals surface area contributed by atoms with Crippen molar-refractivity contribution in [2.45, 2.75) is 129 Å². The molecule has 0 bridgehead atoms. The van der Waals surface area contributed by atoms with Gasteiger partial charge < -0.3 is 14.1 Å². The Balaban J connectivity index is 1.20. The van der Waals surface area contributed by atoms with Crippen LogP contribution in [0.3, 0.4) is 0 Å². The van der Waals surface area contributed by atoms with E-state index in [1.54, 1.807) is 0 Å². The van der Waals surface area contributed by atoms with Crippen LogP contribution in [0.15, 0.2) is 162 Å². The Morgan fingerprint density at radius 1 is 0.472 bits per heavy atom. The molecule has 0 amide bonds. The summed E-state index contributed by atoms with van der Waals surface area (Å²) in [6.07, 6.45) is 4.59. The lowest BCUT2D eigenvalue weighted by atomic mass is 9.45. The van der Waals surface area contributed by atoms with Crippen LogP contribution in [0.1, 0.15) is 130 Å². The summed E-state index contributed by atoms with van der Waals surface area (Å²) in [5, 5.41) is 3.65. The summed E-state index contributed by atoms with van der Waals surface area (Å²) in [5.74, 6) is 0. The van der Waals surface area contributed by atoms with Crippen molar-refractivity contribution in [3.05, 3.63) is 186 Å². The lowest BCUT2D eigenvalue weighted by Crippen LogP contribution is -2.61. The van der Waals surface area contributed by atoms with Gasteiger partial charge in [-0.05, 0) is 174 Å². The summed E-state index contributed by atoms with van der Waals surface area (Å²) in [7, 11) is 0.